The quantitative estimate of drug-likeness (QED) is 0.323. The second-order valence-electron chi connectivity index (χ2n) is 9.65. The first-order valence-electron chi connectivity index (χ1n) is 12.7. The molecule has 0 fully saturated rings. The van der Waals surface area contributed by atoms with Crippen LogP contribution >= 0.6 is 11.3 Å². The minimum Gasteiger partial charge on any atom is -0.450 e. The highest BCUT2D eigenvalue weighted by molar-refractivity contribution is 7.15. The molecule has 0 bridgehead atoms. The molecule has 0 saturated carbocycles. The van der Waals surface area contributed by atoms with Gasteiger partial charge in [0, 0.05) is 5.56 Å². The number of amides is 2. The van der Waals surface area contributed by atoms with Crippen molar-refractivity contribution in [2.24, 2.45) is 0 Å². The second kappa shape index (κ2) is 8.44. The highest BCUT2D eigenvalue weighted by Crippen LogP contribution is 2.54. The Kier molecular flexibility index (Phi) is 5.08. The van der Waals surface area contributed by atoms with Gasteiger partial charge in [-0.05, 0) is 42.7 Å². The van der Waals surface area contributed by atoms with Gasteiger partial charge in [0.15, 0.2) is 11.0 Å². The predicted octanol–water partition coefficient (Wildman–Crippen LogP) is 4.97. The third-order valence-electron chi connectivity index (χ3n) is 7.57. The molecule has 1 spiro atoms. The number of carbonyl (C=O) groups excluding carboxylic acids is 2. The number of carbonyl (C=O) groups is 2. The zero-order valence-electron chi connectivity index (χ0n) is 21.2. The summed E-state index contributed by atoms with van der Waals surface area (Å²) in [5.74, 6) is -1.14. The lowest BCUT2D eigenvalue weighted by atomic mass is 9.84. The Morgan fingerprint density at radius 2 is 1.67 bits per heavy atom. The number of anilines is 2. The molecule has 1 unspecified atom stereocenters. The van der Waals surface area contributed by atoms with Gasteiger partial charge in [0.25, 0.3) is 11.8 Å². The summed E-state index contributed by atoms with van der Waals surface area (Å²) < 4.78 is 6.10. The van der Waals surface area contributed by atoms with E-state index >= 15 is 0 Å². The van der Waals surface area contributed by atoms with Crippen molar-refractivity contribution in [2.75, 3.05) is 9.80 Å². The first-order chi connectivity index (χ1) is 19.0. The van der Waals surface area contributed by atoms with E-state index in [1.807, 2.05) is 56.3 Å². The van der Waals surface area contributed by atoms with E-state index < -0.39 is 22.8 Å². The maximum absolute atomic E-state index is 14.9. The number of aryl methyl sites for hydroxylation is 2. The summed E-state index contributed by atoms with van der Waals surface area (Å²) >= 11 is 1.23. The molecule has 0 radical (unpaired) electrons. The molecule has 3 aromatic carbocycles. The zero-order valence-corrected chi connectivity index (χ0v) is 22.0. The van der Waals surface area contributed by atoms with Crippen LogP contribution in [0.15, 0.2) is 82.0 Å². The number of benzene rings is 3. The average molecular weight is 535 g/mol. The maximum Gasteiger partial charge on any atom is 0.297 e. The molecule has 0 N–H and O–H groups in total. The number of rotatable bonds is 4. The highest BCUT2D eigenvalue weighted by Gasteiger charge is 2.66. The van der Waals surface area contributed by atoms with E-state index in [0.717, 1.165) is 11.1 Å². The van der Waals surface area contributed by atoms with Crippen molar-refractivity contribution in [3.63, 3.8) is 0 Å². The summed E-state index contributed by atoms with van der Waals surface area (Å²) in [7, 11) is 0. The largest absolute Gasteiger partial charge is 0.450 e. The van der Waals surface area contributed by atoms with Crippen LogP contribution in [-0.2, 0) is 23.3 Å². The third-order valence-corrected chi connectivity index (χ3v) is 8.62. The van der Waals surface area contributed by atoms with Gasteiger partial charge in [0.05, 0.1) is 23.2 Å². The van der Waals surface area contributed by atoms with Crippen LogP contribution in [0.1, 0.15) is 44.7 Å². The van der Waals surface area contributed by atoms with Crippen LogP contribution in [-0.4, -0.2) is 22.0 Å². The Morgan fingerprint density at radius 3 is 2.46 bits per heavy atom. The fourth-order valence-corrected chi connectivity index (χ4v) is 6.53. The van der Waals surface area contributed by atoms with Crippen molar-refractivity contribution < 1.29 is 14.0 Å². The van der Waals surface area contributed by atoms with Crippen molar-refractivity contribution in [2.45, 2.75) is 32.4 Å². The van der Waals surface area contributed by atoms with Crippen LogP contribution in [0.4, 0.5) is 10.8 Å². The standard InChI is InChI=1S/C30H22N4O4S/c1-3-23-31-32-29(39-23)34-27(36)26-24(25(35)19-12-6-9-15-22(19)38-26)30(34)20-13-7-8-14-21(20)33(28(30)37)16-18-11-5-4-10-17(18)2/h4-15H,3,16H2,1-2H3. The molecule has 5 aromatic rings. The molecule has 2 aromatic heterocycles. The van der Waals surface area contributed by atoms with Crippen molar-refractivity contribution in [3.05, 3.63) is 116 Å². The van der Waals surface area contributed by atoms with Gasteiger partial charge in [-0.15, -0.1) is 10.2 Å². The van der Waals surface area contributed by atoms with Gasteiger partial charge in [-0.3, -0.25) is 19.3 Å². The molecule has 7 rings (SSSR count). The number of hydrogen-bond donors (Lipinski definition) is 0. The van der Waals surface area contributed by atoms with Crippen molar-refractivity contribution >= 4 is 44.9 Å². The normalized spacial score (nSPS) is 17.9. The van der Waals surface area contributed by atoms with E-state index in [4.69, 9.17) is 4.42 Å². The van der Waals surface area contributed by atoms with E-state index in [1.54, 1.807) is 35.2 Å². The molecular formula is C30H22N4O4S. The molecule has 0 saturated heterocycles. The zero-order chi connectivity index (χ0) is 26.9. The Hall–Kier alpha value is -4.63. The molecule has 8 nitrogen and oxygen atoms in total. The van der Waals surface area contributed by atoms with Gasteiger partial charge >= 0.3 is 0 Å². The van der Waals surface area contributed by atoms with Gasteiger partial charge in [0.2, 0.25) is 10.9 Å². The first kappa shape index (κ1) is 23.5. The van der Waals surface area contributed by atoms with Gasteiger partial charge in [0.1, 0.15) is 10.6 Å². The Morgan fingerprint density at radius 1 is 0.923 bits per heavy atom. The van der Waals surface area contributed by atoms with E-state index in [2.05, 4.69) is 10.2 Å². The van der Waals surface area contributed by atoms with E-state index in [0.29, 0.717) is 28.1 Å². The summed E-state index contributed by atoms with van der Waals surface area (Å²) in [6, 6.07) is 21.9. The lowest BCUT2D eigenvalue weighted by Crippen LogP contribution is -2.53. The molecule has 2 aliphatic rings. The number of aromatic nitrogens is 2. The monoisotopic (exact) mass is 534 g/mol. The number of para-hydroxylation sites is 2. The van der Waals surface area contributed by atoms with Crippen molar-refractivity contribution in [1.29, 1.82) is 0 Å². The minimum atomic E-state index is -1.78. The van der Waals surface area contributed by atoms with Crippen LogP contribution in [0.3, 0.4) is 0 Å². The average Bonchev–Trinajstić information content (AvgIpc) is 3.60. The van der Waals surface area contributed by atoms with Gasteiger partial charge in [-0.1, -0.05) is 72.9 Å². The maximum atomic E-state index is 14.9. The smallest absolute Gasteiger partial charge is 0.297 e. The molecule has 0 aliphatic carbocycles. The number of fused-ring (bicyclic) bond motifs is 5. The van der Waals surface area contributed by atoms with Crippen LogP contribution < -0.4 is 15.2 Å². The van der Waals surface area contributed by atoms with Gasteiger partial charge < -0.3 is 9.32 Å². The molecule has 2 amide bonds. The topological polar surface area (TPSA) is 96.6 Å². The van der Waals surface area contributed by atoms with Crippen molar-refractivity contribution in [1.82, 2.24) is 10.2 Å². The highest BCUT2D eigenvalue weighted by atomic mass is 32.1. The molecule has 9 heteroatoms. The SMILES string of the molecule is CCc1nnc(N2C(=O)c3oc4ccccc4c(=O)c3C23C(=O)N(Cc2ccccc2C)c2ccccc23)s1. The summed E-state index contributed by atoms with van der Waals surface area (Å²) in [4.78, 5) is 46.2. The van der Waals surface area contributed by atoms with Crippen molar-refractivity contribution in [3.8, 4) is 0 Å². The van der Waals surface area contributed by atoms with Crippen LogP contribution in [0, 0.1) is 6.92 Å². The van der Waals surface area contributed by atoms with Crippen LogP contribution in [0.25, 0.3) is 11.0 Å². The van der Waals surface area contributed by atoms with E-state index in [1.165, 1.54) is 16.2 Å². The molecule has 2 aliphatic heterocycles. The fraction of sp³-hybridized carbons (Fsp3) is 0.167. The lowest BCUT2D eigenvalue weighted by molar-refractivity contribution is -0.121. The molecule has 39 heavy (non-hydrogen) atoms. The van der Waals surface area contributed by atoms with E-state index in [9.17, 15) is 14.4 Å². The molecular weight excluding hydrogens is 512 g/mol. The Bertz CT molecular complexity index is 1890. The predicted molar refractivity (Wildman–Crippen MR) is 148 cm³/mol. The number of nitrogens with zero attached hydrogens (tertiary/aromatic N) is 4. The van der Waals surface area contributed by atoms with Gasteiger partial charge in [-0.2, -0.15) is 0 Å². The third kappa shape index (κ3) is 3.07. The van der Waals surface area contributed by atoms with Crippen LogP contribution in [0.2, 0.25) is 0 Å². The Labute approximate surface area is 227 Å². The number of hydrogen-bond acceptors (Lipinski definition) is 7. The minimum absolute atomic E-state index is 0.0178. The molecule has 1 atom stereocenters. The molecule has 4 heterocycles. The fourth-order valence-electron chi connectivity index (χ4n) is 5.70. The van der Waals surface area contributed by atoms with Gasteiger partial charge in [-0.25, -0.2) is 0 Å². The Balaban J connectivity index is 1.56. The first-order valence-corrected chi connectivity index (χ1v) is 13.5. The lowest BCUT2D eigenvalue weighted by Gasteiger charge is -2.32. The van der Waals surface area contributed by atoms with E-state index in [-0.39, 0.29) is 28.6 Å². The molecule has 192 valence electrons. The van der Waals surface area contributed by atoms with Crippen LogP contribution in [0.5, 0.6) is 0 Å². The summed E-state index contributed by atoms with van der Waals surface area (Å²) in [5, 5.41) is 9.80. The summed E-state index contributed by atoms with van der Waals surface area (Å²) in [6.07, 6.45) is 0.616. The summed E-state index contributed by atoms with van der Waals surface area (Å²) in [6.45, 7) is 4.21. The second-order valence-corrected chi connectivity index (χ2v) is 10.7. The summed E-state index contributed by atoms with van der Waals surface area (Å²) in [5.41, 5.74) is 1.27.